The Morgan fingerprint density at radius 1 is 1.15 bits per heavy atom. The third kappa shape index (κ3) is 7.15. The number of aryl methyl sites for hydroxylation is 1. The molecule has 11 nitrogen and oxygen atoms in total. The number of rotatable bonds is 10. The number of nitrogens with zero attached hydrogens (tertiary/aromatic N) is 3. The highest BCUT2D eigenvalue weighted by atomic mass is 32.1. The van der Waals surface area contributed by atoms with Crippen LogP contribution in [0.5, 0.6) is 11.6 Å². The lowest BCUT2D eigenvalue weighted by Gasteiger charge is -2.23. The molecule has 2 amide bonds. The normalized spacial score (nSPS) is 14.9. The van der Waals surface area contributed by atoms with Crippen molar-refractivity contribution in [3.8, 4) is 11.6 Å². The van der Waals surface area contributed by atoms with Gasteiger partial charge < -0.3 is 29.8 Å². The Morgan fingerprint density at radius 2 is 1.98 bits per heavy atom. The summed E-state index contributed by atoms with van der Waals surface area (Å²) in [6.07, 6.45) is 3.69. The van der Waals surface area contributed by atoms with Crippen LogP contribution in [-0.4, -0.2) is 66.6 Å². The highest BCUT2D eigenvalue weighted by Gasteiger charge is 2.26. The van der Waals surface area contributed by atoms with Crippen LogP contribution in [0.3, 0.4) is 0 Å². The van der Waals surface area contributed by atoms with Crippen molar-refractivity contribution in [3.05, 3.63) is 66.1 Å². The Balaban J connectivity index is 0.00000387. The van der Waals surface area contributed by atoms with Crippen molar-refractivity contribution in [2.45, 2.75) is 25.8 Å². The van der Waals surface area contributed by atoms with Gasteiger partial charge in [0, 0.05) is 55.3 Å². The molecule has 0 spiro atoms. The number of ether oxygens (including phenoxy) is 2. The zero-order chi connectivity index (χ0) is 28.1. The van der Waals surface area contributed by atoms with E-state index in [0.717, 1.165) is 19.4 Å². The standard InChI is InChI=1S/C29H32N6O5.H2S/c1-18-27(28(37)30-2)23-10-9-22(15-24(23)39-18)40-26-11-12-31-29(34-26)33-20-7-4-6-19(14-20)32-25(36)16-35-13-5-8-21(35)17-38-3;/h4,6-7,9-12,14-15,21H,5,8,13,16-17H2,1-3H3,(H,30,37)(H,32,36)(H,31,33,34);1H2/t21-;/m0./s1. The van der Waals surface area contributed by atoms with E-state index in [9.17, 15) is 9.59 Å². The lowest BCUT2D eigenvalue weighted by Crippen LogP contribution is -2.38. The number of amides is 2. The third-order valence-electron chi connectivity index (χ3n) is 6.75. The molecule has 1 aliphatic rings. The van der Waals surface area contributed by atoms with Crippen LogP contribution in [0.25, 0.3) is 11.0 Å². The molecule has 1 aliphatic heterocycles. The van der Waals surface area contributed by atoms with Crippen molar-refractivity contribution in [1.82, 2.24) is 20.2 Å². The maximum atomic E-state index is 12.7. The molecule has 1 fully saturated rings. The minimum atomic E-state index is -0.206. The Bertz CT molecular complexity index is 1530. The largest absolute Gasteiger partial charge is 0.460 e. The number of likely N-dealkylation sites (tertiary alicyclic amines) is 1. The molecular formula is C29H34N6O5S. The monoisotopic (exact) mass is 578 g/mol. The van der Waals surface area contributed by atoms with Gasteiger partial charge >= 0.3 is 0 Å². The van der Waals surface area contributed by atoms with Crippen LogP contribution in [0.2, 0.25) is 0 Å². The lowest BCUT2D eigenvalue weighted by atomic mass is 10.1. The number of methoxy groups -OCH3 is 1. The molecule has 0 unspecified atom stereocenters. The minimum absolute atomic E-state index is 0. The number of anilines is 3. The number of fused-ring (bicyclic) bond motifs is 1. The maximum Gasteiger partial charge on any atom is 0.255 e. The molecular weight excluding hydrogens is 544 g/mol. The number of furan rings is 1. The van der Waals surface area contributed by atoms with Crippen molar-refractivity contribution < 1.29 is 23.5 Å². The molecule has 0 bridgehead atoms. The van der Waals surface area contributed by atoms with E-state index in [1.165, 1.54) is 0 Å². The highest BCUT2D eigenvalue weighted by Crippen LogP contribution is 2.31. The van der Waals surface area contributed by atoms with Gasteiger partial charge in [-0.05, 0) is 56.6 Å². The molecule has 0 aliphatic carbocycles. The summed E-state index contributed by atoms with van der Waals surface area (Å²) in [6.45, 7) is 3.60. The average molecular weight is 579 g/mol. The average Bonchev–Trinajstić information content (AvgIpc) is 3.51. The fourth-order valence-corrected chi connectivity index (χ4v) is 4.92. The molecule has 216 valence electrons. The molecule has 12 heteroatoms. The zero-order valence-electron chi connectivity index (χ0n) is 23.2. The molecule has 4 aromatic rings. The number of hydrogen-bond donors (Lipinski definition) is 3. The fraction of sp³-hybridized carbons (Fsp3) is 0.310. The summed E-state index contributed by atoms with van der Waals surface area (Å²) in [5.41, 5.74) is 2.42. The third-order valence-corrected chi connectivity index (χ3v) is 6.75. The molecule has 2 aromatic heterocycles. The first-order valence-corrected chi connectivity index (χ1v) is 13.1. The molecule has 2 aromatic carbocycles. The molecule has 5 rings (SSSR count). The van der Waals surface area contributed by atoms with Crippen LogP contribution in [-0.2, 0) is 9.53 Å². The van der Waals surface area contributed by atoms with Crippen molar-refractivity contribution in [2.24, 2.45) is 0 Å². The van der Waals surface area contributed by atoms with Crippen LogP contribution >= 0.6 is 13.5 Å². The van der Waals surface area contributed by atoms with Gasteiger partial charge in [0.1, 0.15) is 17.1 Å². The molecule has 41 heavy (non-hydrogen) atoms. The van der Waals surface area contributed by atoms with E-state index in [2.05, 4.69) is 30.8 Å². The van der Waals surface area contributed by atoms with Crippen molar-refractivity contribution in [1.29, 1.82) is 0 Å². The Morgan fingerprint density at radius 3 is 2.78 bits per heavy atom. The summed E-state index contributed by atoms with van der Waals surface area (Å²) in [4.78, 5) is 35.8. The van der Waals surface area contributed by atoms with Crippen LogP contribution in [0.1, 0.15) is 29.0 Å². The Hall–Kier alpha value is -4.13. The second-order valence-electron chi connectivity index (χ2n) is 9.57. The van der Waals surface area contributed by atoms with E-state index in [1.807, 2.05) is 24.3 Å². The minimum Gasteiger partial charge on any atom is -0.460 e. The van der Waals surface area contributed by atoms with E-state index in [1.54, 1.807) is 51.5 Å². The first-order chi connectivity index (χ1) is 19.4. The smallest absolute Gasteiger partial charge is 0.255 e. The van der Waals surface area contributed by atoms with Crippen molar-refractivity contribution >= 4 is 53.6 Å². The van der Waals surface area contributed by atoms with Gasteiger partial charge in [0.05, 0.1) is 18.7 Å². The van der Waals surface area contributed by atoms with Crippen LogP contribution in [0, 0.1) is 6.92 Å². The maximum absolute atomic E-state index is 12.7. The van der Waals surface area contributed by atoms with Gasteiger partial charge in [-0.25, -0.2) is 4.98 Å². The Kier molecular flexibility index (Phi) is 9.82. The molecule has 1 atom stereocenters. The molecule has 3 N–H and O–H groups in total. The quantitative estimate of drug-likeness (QED) is 0.247. The summed E-state index contributed by atoms with van der Waals surface area (Å²) >= 11 is 0. The van der Waals surface area contributed by atoms with Crippen LogP contribution in [0.15, 0.2) is 59.1 Å². The van der Waals surface area contributed by atoms with E-state index in [4.69, 9.17) is 13.9 Å². The van der Waals surface area contributed by atoms with Crippen LogP contribution < -0.4 is 20.7 Å². The number of hydrogen-bond acceptors (Lipinski definition) is 9. The fourth-order valence-electron chi connectivity index (χ4n) is 4.92. The number of nitrogens with one attached hydrogen (secondary N) is 3. The van der Waals surface area contributed by atoms with E-state index >= 15 is 0 Å². The second-order valence-corrected chi connectivity index (χ2v) is 9.57. The SMILES string of the molecule is CNC(=O)c1c(C)oc2cc(Oc3ccnc(Nc4cccc(NC(=O)CN5CCC[C@H]5COC)c4)n3)ccc12.S. The number of benzene rings is 2. The Labute approximate surface area is 245 Å². The van der Waals surface area contributed by atoms with Gasteiger partial charge in [-0.15, -0.1) is 0 Å². The van der Waals surface area contributed by atoms with Crippen molar-refractivity contribution in [2.75, 3.05) is 44.5 Å². The van der Waals surface area contributed by atoms with Gasteiger partial charge in [-0.3, -0.25) is 14.5 Å². The van der Waals surface area contributed by atoms with Crippen molar-refractivity contribution in [3.63, 3.8) is 0 Å². The van der Waals surface area contributed by atoms with Gasteiger partial charge in [-0.1, -0.05) is 6.07 Å². The summed E-state index contributed by atoms with van der Waals surface area (Å²) in [6, 6.07) is 14.5. The summed E-state index contributed by atoms with van der Waals surface area (Å²) in [5.74, 6) is 1.42. The number of aromatic nitrogens is 2. The number of carbonyl (C=O) groups excluding carboxylic acids is 2. The highest BCUT2D eigenvalue weighted by molar-refractivity contribution is 7.59. The van der Waals surface area contributed by atoms with Gasteiger partial charge in [0.15, 0.2) is 0 Å². The summed E-state index contributed by atoms with van der Waals surface area (Å²) in [5, 5.41) is 9.47. The lowest BCUT2D eigenvalue weighted by molar-refractivity contribution is -0.117. The zero-order valence-corrected chi connectivity index (χ0v) is 24.2. The molecule has 0 saturated carbocycles. The summed E-state index contributed by atoms with van der Waals surface area (Å²) < 4.78 is 17.0. The first-order valence-electron chi connectivity index (χ1n) is 13.1. The van der Waals surface area contributed by atoms with E-state index in [-0.39, 0.29) is 31.4 Å². The van der Waals surface area contributed by atoms with Gasteiger partial charge in [0.2, 0.25) is 17.7 Å². The van der Waals surface area contributed by atoms with Gasteiger partial charge in [0.25, 0.3) is 5.91 Å². The van der Waals surface area contributed by atoms with E-state index in [0.29, 0.717) is 64.4 Å². The predicted octanol–water partition coefficient (Wildman–Crippen LogP) is 4.59. The molecule has 3 heterocycles. The summed E-state index contributed by atoms with van der Waals surface area (Å²) in [7, 11) is 3.27. The number of carbonyl (C=O) groups is 2. The van der Waals surface area contributed by atoms with Crippen LogP contribution in [0.4, 0.5) is 17.3 Å². The second kappa shape index (κ2) is 13.5. The first kappa shape index (κ1) is 29.8. The molecule has 0 radical (unpaired) electrons. The predicted molar refractivity (Wildman–Crippen MR) is 162 cm³/mol. The topological polar surface area (TPSA) is 131 Å². The van der Waals surface area contributed by atoms with Gasteiger partial charge in [-0.2, -0.15) is 18.5 Å². The van der Waals surface area contributed by atoms with E-state index < -0.39 is 0 Å². The molecule has 1 saturated heterocycles.